The highest BCUT2D eigenvalue weighted by Crippen LogP contribution is 2.45. The molecule has 454 valence electrons. The number of amides is 2. The molecule has 4 heterocycles. The number of allylic oxidation sites excluding steroid dienone is 12. The molecule has 2 aromatic rings. The lowest BCUT2D eigenvalue weighted by Crippen LogP contribution is -2.64. The van der Waals surface area contributed by atoms with Crippen LogP contribution in [0.25, 0.3) is 11.1 Å². The lowest BCUT2D eigenvalue weighted by Gasteiger charge is -2.46. The molecule has 1 aliphatic carbocycles. The van der Waals surface area contributed by atoms with E-state index in [2.05, 4.69) is 10.6 Å². The van der Waals surface area contributed by atoms with Gasteiger partial charge in [-0.2, -0.15) is 0 Å². The first-order valence-corrected chi connectivity index (χ1v) is 28.7. The van der Waals surface area contributed by atoms with Gasteiger partial charge < -0.3 is 84.6 Å². The minimum Gasteiger partial charge on any atom is -0.462 e. The number of aliphatic hydroxyl groups is 8. The summed E-state index contributed by atoms with van der Waals surface area (Å²) in [7, 11) is 1.36. The SMILES string of the molecule is CO[C@]12CC3OC(=O)N[C@H]3C(C[C@@H](O[C@@H]3O[C@H](C)[C@@H](O)[C@H](NC(=O)OCC4c5ccccc5-c5ccccc54)[C@@H]3O)/C=C/C=C/C=C/C=C/C=C/C=C/C=C/[C@H](C)[C@@H](O)[C@@H](C)[C@H](C)OC(=O)C[C@H](O)C[C@H](O)CC[C@@H](O)[C@H](O)C[C@H](O)C1)O2. The summed E-state index contributed by atoms with van der Waals surface area (Å²) in [6, 6.07) is 13.7. The number of nitrogens with one attached hydrogen (secondary N) is 2. The van der Waals surface area contributed by atoms with Gasteiger partial charge in [0.15, 0.2) is 12.1 Å². The smallest absolute Gasteiger partial charge is 0.407 e. The monoisotopic (exact) mass is 1160 g/mol. The molecule has 2 unspecified atom stereocenters. The molecule has 2 amide bonds. The van der Waals surface area contributed by atoms with E-state index in [1.54, 1.807) is 51.2 Å². The quantitative estimate of drug-likeness (QED) is 0.129. The van der Waals surface area contributed by atoms with Crippen molar-refractivity contribution in [3.63, 3.8) is 0 Å². The molecule has 0 saturated carbocycles. The maximum Gasteiger partial charge on any atom is 0.407 e. The number of alkyl carbamates (subject to hydrolysis) is 2. The van der Waals surface area contributed by atoms with Crippen molar-refractivity contribution in [3.05, 3.63) is 145 Å². The van der Waals surface area contributed by atoms with Crippen molar-refractivity contribution in [1.82, 2.24) is 10.6 Å². The highest BCUT2D eigenvalue weighted by atomic mass is 16.7. The van der Waals surface area contributed by atoms with Crippen molar-refractivity contribution < 1.29 is 88.4 Å². The fraction of sp³-hybridized carbons (Fsp3) is 0.540. The Morgan fingerprint density at radius 3 is 1.88 bits per heavy atom. The summed E-state index contributed by atoms with van der Waals surface area (Å²) >= 11 is 0. The van der Waals surface area contributed by atoms with Crippen LogP contribution in [-0.4, -0.2) is 176 Å². The Morgan fingerprint density at radius 2 is 1.25 bits per heavy atom. The number of aliphatic hydroxyl groups excluding tert-OH is 8. The molecule has 2 bridgehead atoms. The normalized spacial score (nSPS) is 39.1. The lowest BCUT2D eigenvalue weighted by molar-refractivity contribution is -0.307. The van der Waals surface area contributed by atoms with E-state index in [4.69, 9.17) is 33.2 Å². The zero-order valence-corrected chi connectivity index (χ0v) is 47.7. The van der Waals surface area contributed by atoms with Crippen LogP contribution < -0.4 is 10.6 Å². The zero-order valence-electron chi connectivity index (χ0n) is 47.7. The highest BCUT2D eigenvalue weighted by molar-refractivity contribution is 5.79. The Bertz CT molecular complexity index is 2610. The van der Waals surface area contributed by atoms with E-state index in [-0.39, 0.29) is 63.4 Å². The molecule has 4 aliphatic heterocycles. The third-order valence-electron chi connectivity index (χ3n) is 16.2. The predicted octanol–water partition coefficient (Wildman–Crippen LogP) is 5.36. The van der Waals surface area contributed by atoms with Crippen LogP contribution in [0.15, 0.2) is 134 Å². The van der Waals surface area contributed by atoms with Gasteiger partial charge in [0.2, 0.25) is 0 Å². The third kappa shape index (κ3) is 17.9. The molecule has 83 heavy (non-hydrogen) atoms. The van der Waals surface area contributed by atoms with Crippen molar-refractivity contribution in [1.29, 1.82) is 0 Å². The molecule has 20 heteroatoms. The third-order valence-corrected chi connectivity index (χ3v) is 16.2. The Kier molecular flexibility index (Phi) is 24.0. The van der Waals surface area contributed by atoms with Gasteiger partial charge in [0.25, 0.3) is 0 Å². The molecule has 5 aliphatic rings. The average Bonchev–Trinajstić information content (AvgIpc) is 2.79. The number of rotatable bonds is 6. The van der Waals surface area contributed by atoms with Gasteiger partial charge in [-0.3, -0.25) is 4.79 Å². The van der Waals surface area contributed by atoms with Crippen molar-refractivity contribution in [3.8, 4) is 11.1 Å². The second kappa shape index (κ2) is 30.8. The number of methoxy groups -OCH3 is 1. The van der Waals surface area contributed by atoms with Gasteiger partial charge in [-0.05, 0) is 55.4 Å². The van der Waals surface area contributed by atoms with E-state index >= 15 is 0 Å². The Balaban J connectivity index is 1.08. The molecule has 0 spiro atoms. The predicted molar refractivity (Wildman–Crippen MR) is 306 cm³/mol. The second-order valence-electron chi connectivity index (χ2n) is 22.3. The minimum absolute atomic E-state index is 0.0121. The number of hydrogen-bond donors (Lipinski definition) is 10. The number of hydrogen-bond acceptors (Lipinski definition) is 18. The van der Waals surface area contributed by atoms with Crippen LogP contribution in [0.3, 0.4) is 0 Å². The van der Waals surface area contributed by atoms with Crippen LogP contribution in [0.2, 0.25) is 0 Å². The standard InChI is InChI=1S/C63H84N2O18/c1-37-22-16-14-12-10-8-6-7-9-11-13-15-17-23-44(81-60-59(74)56(58(73)40(4)80-60)65-61(75)78-36-49-47-26-20-18-24-45(47)46-25-19-21-27-48(46)49)33-52-55-53(82-62(76)64-55)35-63(77-5,83-52)34-43(68)31-51(70)50(69)29-28-41(66)30-42(67)32-54(71)79-39(3)38(2)57(37)72/h6-27,37-44,49-53,55-60,66-70,72-74H,28-36H2,1-5H3,(H,64,76)(H,65,75)/b7-6+,10-8+,11-9+,14-12+,15-13+,22-16+,23-17+/t37-,38-,39-,40+,41+,42+,43-,44-,50+,51+,52?,53?,55-,56-,57+,58+,59-,60-,63+/m0/s1. The molecular weight excluding hydrogens is 1070 g/mol. The number of esters is 1. The topological polar surface area (TPSA) is 302 Å². The second-order valence-corrected chi connectivity index (χ2v) is 22.3. The van der Waals surface area contributed by atoms with E-state index in [0.717, 1.165) is 22.3 Å². The van der Waals surface area contributed by atoms with Gasteiger partial charge in [-0.1, -0.05) is 147 Å². The molecule has 20 nitrogen and oxygen atoms in total. The van der Waals surface area contributed by atoms with Crippen molar-refractivity contribution in [2.24, 2.45) is 11.8 Å². The minimum atomic E-state index is -1.64. The maximum atomic E-state index is 13.6. The summed E-state index contributed by atoms with van der Waals surface area (Å²) in [6.07, 6.45) is 5.57. The summed E-state index contributed by atoms with van der Waals surface area (Å²) in [6.45, 7) is 6.82. The molecule has 7 rings (SSSR count). The maximum absolute atomic E-state index is 13.6. The molecule has 3 fully saturated rings. The van der Waals surface area contributed by atoms with Crippen LogP contribution >= 0.6 is 0 Å². The van der Waals surface area contributed by atoms with E-state index in [1.807, 2.05) is 110 Å². The number of carbonyl (C=O) groups is 3. The van der Waals surface area contributed by atoms with E-state index in [1.165, 1.54) is 7.11 Å². The van der Waals surface area contributed by atoms with Crippen molar-refractivity contribution >= 4 is 18.2 Å². The zero-order chi connectivity index (χ0) is 59.8. The fourth-order valence-electron chi connectivity index (χ4n) is 11.3. The largest absolute Gasteiger partial charge is 0.462 e. The summed E-state index contributed by atoms with van der Waals surface area (Å²) < 4.78 is 42.2. The van der Waals surface area contributed by atoms with Gasteiger partial charge in [-0.25, -0.2) is 9.59 Å². The van der Waals surface area contributed by atoms with Gasteiger partial charge in [0.05, 0.1) is 73.4 Å². The molecule has 0 aromatic heterocycles. The van der Waals surface area contributed by atoms with Crippen molar-refractivity contribution in [2.75, 3.05) is 13.7 Å². The van der Waals surface area contributed by atoms with Gasteiger partial charge >= 0.3 is 18.2 Å². The molecule has 10 N–H and O–H groups in total. The number of cyclic esters (lactones) is 1. The van der Waals surface area contributed by atoms with Crippen LogP contribution in [-0.2, 0) is 38.0 Å². The van der Waals surface area contributed by atoms with Crippen LogP contribution in [0.4, 0.5) is 9.59 Å². The number of carbonyl (C=O) groups excluding carboxylic acids is 3. The van der Waals surface area contributed by atoms with Crippen LogP contribution in [0.1, 0.15) is 96.1 Å². The van der Waals surface area contributed by atoms with Gasteiger partial charge in [0, 0.05) is 50.5 Å². The molecule has 2 aromatic carbocycles. The summed E-state index contributed by atoms with van der Waals surface area (Å²) in [4.78, 5) is 39.2. The first-order chi connectivity index (χ1) is 39.8. The average molecular weight is 1160 g/mol. The Hall–Kier alpha value is -5.85. The Labute approximate surface area is 485 Å². The first-order valence-electron chi connectivity index (χ1n) is 28.7. The lowest BCUT2D eigenvalue weighted by atomic mass is 9.87. The van der Waals surface area contributed by atoms with E-state index < -0.39 is 134 Å². The Morgan fingerprint density at radius 1 is 0.651 bits per heavy atom. The van der Waals surface area contributed by atoms with Gasteiger partial charge in [0.1, 0.15) is 31.0 Å². The molecule has 3 saturated heterocycles. The van der Waals surface area contributed by atoms with Crippen LogP contribution in [0, 0.1) is 11.8 Å². The van der Waals surface area contributed by atoms with E-state index in [9.17, 15) is 55.2 Å². The number of ether oxygens (including phenoxy) is 7. The van der Waals surface area contributed by atoms with Crippen molar-refractivity contribution in [2.45, 2.75) is 188 Å². The van der Waals surface area contributed by atoms with E-state index in [0.29, 0.717) is 0 Å². The number of fused-ring (bicyclic) bond motifs is 7. The molecule has 0 radical (unpaired) electrons. The number of benzene rings is 2. The summed E-state index contributed by atoms with van der Waals surface area (Å²) in [5.41, 5.74) is 4.11. The van der Waals surface area contributed by atoms with Crippen LogP contribution in [0.5, 0.6) is 0 Å². The summed E-state index contributed by atoms with van der Waals surface area (Å²) in [5, 5.41) is 94.5. The first kappa shape index (κ1) is 64.7. The summed E-state index contributed by atoms with van der Waals surface area (Å²) in [5.74, 6) is -3.31. The molecule has 19 atom stereocenters. The highest BCUT2D eigenvalue weighted by Gasteiger charge is 2.54. The van der Waals surface area contributed by atoms with Gasteiger partial charge in [-0.15, -0.1) is 0 Å². The molecular formula is C63H84N2O18. The fourth-order valence-corrected chi connectivity index (χ4v) is 11.3.